The fourth-order valence-electron chi connectivity index (χ4n) is 3.67. The minimum absolute atomic E-state index is 0.0308. The van der Waals surface area contributed by atoms with Gasteiger partial charge in [-0.15, -0.1) is 0 Å². The highest BCUT2D eigenvalue weighted by atomic mass is 16.5. The third-order valence-corrected chi connectivity index (χ3v) is 5.40. The van der Waals surface area contributed by atoms with Crippen LogP contribution in [-0.4, -0.2) is 55.0 Å². The number of aryl methyl sites for hydroxylation is 1. The normalized spacial score (nSPS) is 16.0. The lowest BCUT2D eigenvalue weighted by molar-refractivity contribution is -0.136. The minimum Gasteiger partial charge on any atom is -0.496 e. The molecular formula is C21H33N3O3. The SMILES string of the molecule is CCN(CC)C(=O)C1CCN(C(=O)NC(C)c2cc(C)ccc2OC)CC1. The Morgan fingerprint density at radius 3 is 2.44 bits per heavy atom. The lowest BCUT2D eigenvalue weighted by Crippen LogP contribution is -2.48. The van der Waals surface area contributed by atoms with E-state index in [4.69, 9.17) is 4.74 Å². The third kappa shape index (κ3) is 5.15. The molecule has 0 radical (unpaired) electrons. The Morgan fingerprint density at radius 1 is 1.26 bits per heavy atom. The minimum atomic E-state index is -0.151. The quantitative estimate of drug-likeness (QED) is 0.829. The largest absolute Gasteiger partial charge is 0.496 e. The van der Waals surface area contributed by atoms with E-state index in [9.17, 15) is 9.59 Å². The average molecular weight is 376 g/mol. The summed E-state index contributed by atoms with van der Waals surface area (Å²) in [5, 5.41) is 3.07. The van der Waals surface area contributed by atoms with Gasteiger partial charge in [-0.3, -0.25) is 4.79 Å². The number of rotatable bonds is 6. The molecule has 6 heteroatoms. The Kier molecular flexibility index (Phi) is 7.51. The van der Waals surface area contributed by atoms with Crippen LogP contribution in [0, 0.1) is 12.8 Å². The van der Waals surface area contributed by atoms with Gasteiger partial charge in [-0.05, 0) is 46.6 Å². The molecule has 0 bridgehead atoms. The topological polar surface area (TPSA) is 61.9 Å². The fraction of sp³-hybridized carbons (Fsp3) is 0.619. The first kappa shape index (κ1) is 21.1. The smallest absolute Gasteiger partial charge is 0.317 e. The van der Waals surface area contributed by atoms with Gasteiger partial charge in [-0.1, -0.05) is 17.7 Å². The molecule has 150 valence electrons. The highest BCUT2D eigenvalue weighted by Crippen LogP contribution is 2.27. The Labute approximate surface area is 162 Å². The Morgan fingerprint density at radius 2 is 1.89 bits per heavy atom. The molecule has 1 aliphatic rings. The molecule has 1 N–H and O–H groups in total. The summed E-state index contributed by atoms with van der Waals surface area (Å²) in [6, 6.07) is 5.73. The van der Waals surface area contributed by atoms with Gasteiger partial charge in [-0.2, -0.15) is 0 Å². The number of ether oxygens (including phenoxy) is 1. The van der Waals surface area contributed by atoms with Gasteiger partial charge in [0.2, 0.25) is 5.91 Å². The molecule has 1 aromatic rings. The number of nitrogens with one attached hydrogen (secondary N) is 1. The molecule has 27 heavy (non-hydrogen) atoms. The third-order valence-electron chi connectivity index (χ3n) is 5.40. The maximum atomic E-state index is 12.7. The number of carbonyl (C=O) groups is 2. The molecule has 1 fully saturated rings. The molecule has 0 aromatic heterocycles. The van der Waals surface area contributed by atoms with Gasteiger partial charge in [-0.25, -0.2) is 4.79 Å². The number of likely N-dealkylation sites (tertiary alicyclic amines) is 1. The van der Waals surface area contributed by atoms with Crippen LogP contribution in [0.3, 0.4) is 0 Å². The van der Waals surface area contributed by atoms with Crippen molar-refractivity contribution < 1.29 is 14.3 Å². The van der Waals surface area contributed by atoms with Crippen LogP contribution in [0.4, 0.5) is 4.79 Å². The van der Waals surface area contributed by atoms with Crippen molar-refractivity contribution in [1.82, 2.24) is 15.1 Å². The molecule has 1 aliphatic heterocycles. The molecule has 3 amide bonds. The van der Waals surface area contributed by atoms with Gasteiger partial charge < -0.3 is 19.9 Å². The van der Waals surface area contributed by atoms with Gasteiger partial charge in [0.25, 0.3) is 0 Å². The summed E-state index contributed by atoms with van der Waals surface area (Å²) >= 11 is 0. The van der Waals surface area contributed by atoms with E-state index in [0.29, 0.717) is 13.1 Å². The van der Waals surface area contributed by atoms with Crippen molar-refractivity contribution in [3.63, 3.8) is 0 Å². The van der Waals surface area contributed by atoms with Gasteiger partial charge in [0.15, 0.2) is 0 Å². The van der Waals surface area contributed by atoms with E-state index in [2.05, 4.69) is 5.32 Å². The van der Waals surface area contributed by atoms with E-state index in [1.165, 1.54) is 0 Å². The summed E-state index contributed by atoms with van der Waals surface area (Å²) in [5.41, 5.74) is 2.10. The van der Waals surface area contributed by atoms with Crippen LogP contribution in [-0.2, 0) is 4.79 Å². The van der Waals surface area contributed by atoms with E-state index in [1.54, 1.807) is 7.11 Å². The molecule has 1 atom stereocenters. The van der Waals surface area contributed by atoms with E-state index in [0.717, 1.165) is 42.8 Å². The van der Waals surface area contributed by atoms with Crippen molar-refractivity contribution in [2.45, 2.75) is 46.6 Å². The monoisotopic (exact) mass is 375 g/mol. The molecule has 0 saturated carbocycles. The van der Waals surface area contributed by atoms with Gasteiger partial charge in [0.05, 0.1) is 13.2 Å². The summed E-state index contributed by atoms with van der Waals surface area (Å²) in [6.45, 7) is 10.7. The number of piperidine rings is 1. The molecule has 2 rings (SSSR count). The first-order chi connectivity index (χ1) is 12.9. The van der Waals surface area contributed by atoms with Gasteiger partial charge in [0.1, 0.15) is 5.75 Å². The predicted molar refractivity (Wildman–Crippen MR) is 107 cm³/mol. The van der Waals surface area contributed by atoms with Gasteiger partial charge >= 0.3 is 6.03 Å². The van der Waals surface area contributed by atoms with E-state index >= 15 is 0 Å². The Balaban J connectivity index is 1.93. The van der Waals surface area contributed by atoms with E-state index in [-0.39, 0.29) is 23.9 Å². The van der Waals surface area contributed by atoms with Crippen molar-refractivity contribution in [2.24, 2.45) is 5.92 Å². The molecule has 1 saturated heterocycles. The highest BCUT2D eigenvalue weighted by Gasteiger charge is 2.30. The second-order valence-corrected chi connectivity index (χ2v) is 7.19. The predicted octanol–water partition coefficient (Wildman–Crippen LogP) is 3.35. The fourth-order valence-corrected chi connectivity index (χ4v) is 3.67. The Hall–Kier alpha value is -2.24. The van der Waals surface area contributed by atoms with Crippen molar-refractivity contribution >= 4 is 11.9 Å². The number of nitrogens with zero attached hydrogens (tertiary/aromatic N) is 2. The first-order valence-corrected chi connectivity index (χ1v) is 9.89. The van der Waals surface area contributed by atoms with E-state index in [1.807, 2.05) is 55.7 Å². The van der Waals surface area contributed by atoms with Crippen LogP contribution in [0.5, 0.6) is 5.75 Å². The molecule has 1 aromatic carbocycles. The summed E-state index contributed by atoms with van der Waals surface area (Å²) in [4.78, 5) is 28.9. The highest BCUT2D eigenvalue weighted by molar-refractivity contribution is 5.80. The van der Waals surface area contributed by atoms with Crippen molar-refractivity contribution in [3.8, 4) is 5.75 Å². The maximum Gasteiger partial charge on any atom is 0.317 e. The van der Waals surface area contributed by atoms with Crippen LogP contribution < -0.4 is 10.1 Å². The summed E-state index contributed by atoms with van der Waals surface area (Å²) < 4.78 is 5.43. The molecule has 1 unspecified atom stereocenters. The van der Waals surface area contributed by atoms with Crippen molar-refractivity contribution in [1.29, 1.82) is 0 Å². The Bertz CT molecular complexity index is 650. The van der Waals surface area contributed by atoms with Crippen LogP contribution in [0.25, 0.3) is 0 Å². The molecule has 1 heterocycles. The summed E-state index contributed by atoms with van der Waals surface area (Å²) in [7, 11) is 1.64. The van der Waals surface area contributed by atoms with Crippen LogP contribution in [0.1, 0.15) is 50.8 Å². The number of benzene rings is 1. The lowest BCUT2D eigenvalue weighted by Gasteiger charge is -2.34. The lowest BCUT2D eigenvalue weighted by atomic mass is 9.95. The zero-order valence-corrected chi connectivity index (χ0v) is 17.2. The number of methoxy groups -OCH3 is 1. The zero-order valence-electron chi connectivity index (χ0n) is 17.2. The first-order valence-electron chi connectivity index (χ1n) is 9.89. The zero-order chi connectivity index (χ0) is 20.0. The number of amides is 3. The average Bonchev–Trinajstić information content (AvgIpc) is 2.68. The molecule has 0 aliphatic carbocycles. The summed E-state index contributed by atoms with van der Waals surface area (Å²) in [5.74, 6) is 1.03. The number of hydrogen-bond acceptors (Lipinski definition) is 3. The van der Waals surface area contributed by atoms with Gasteiger partial charge in [0, 0.05) is 37.7 Å². The number of carbonyl (C=O) groups excluding carboxylic acids is 2. The van der Waals surface area contributed by atoms with Crippen LogP contribution in [0.15, 0.2) is 18.2 Å². The van der Waals surface area contributed by atoms with Crippen LogP contribution >= 0.6 is 0 Å². The van der Waals surface area contributed by atoms with Crippen molar-refractivity contribution in [2.75, 3.05) is 33.3 Å². The molecular weight excluding hydrogens is 342 g/mol. The maximum absolute atomic E-state index is 12.7. The summed E-state index contributed by atoms with van der Waals surface area (Å²) in [6.07, 6.45) is 1.45. The van der Waals surface area contributed by atoms with E-state index < -0.39 is 0 Å². The standard InChI is InChI=1S/C21H33N3O3/c1-6-23(7-2)20(25)17-10-12-24(13-11-17)21(26)22-16(4)18-14-15(3)8-9-19(18)27-5/h8-9,14,16-17H,6-7,10-13H2,1-5H3,(H,22,26). The van der Waals surface area contributed by atoms with Crippen molar-refractivity contribution in [3.05, 3.63) is 29.3 Å². The van der Waals surface area contributed by atoms with Crippen LogP contribution in [0.2, 0.25) is 0 Å². The number of urea groups is 1. The molecule has 6 nitrogen and oxygen atoms in total. The molecule has 0 spiro atoms. The number of hydrogen-bond donors (Lipinski definition) is 1. The second-order valence-electron chi connectivity index (χ2n) is 7.19. The second kappa shape index (κ2) is 9.62.